The third kappa shape index (κ3) is 4.04. The van der Waals surface area contributed by atoms with Gasteiger partial charge in [0.2, 0.25) is 6.79 Å². The summed E-state index contributed by atoms with van der Waals surface area (Å²) in [6, 6.07) is 5.95. The average Bonchev–Trinajstić information content (AvgIpc) is 2.94. The van der Waals surface area contributed by atoms with Crippen LogP contribution in [0.5, 0.6) is 11.5 Å². The van der Waals surface area contributed by atoms with E-state index in [1.165, 1.54) is 0 Å². The van der Waals surface area contributed by atoms with Crippen LogP contribution in [0.25, 0.3) is 0 Å². The molecule has 6 heteroatoms. The van der Waals surface area contributed by atoms with E-state index in [0.717, 1.165) is 29.6 Å². The molecule has 0 fully saturated rings. The Morgan fingerprint density at radius 2 is 1.95 bits per heavy atom. The Hall–Kier alpha value is -1.95. The van der Waals surface area contributed by atoms with Crippen LogP contribution >= 0.6 is 0 Å². The molecule has 122 valence electrons. The second-order valence-corrected chi connectivity index (χ2v) is 6.17. The number of hydrogen-bond donors (Lipinski definition) is 2. The van der Waals surface area contributed by atoms with Crippen LogP contribution in [-0.2, 0) is 6.54 Å². The number of fused-ring (bicyclic) bond motifs is 1. The fourth-order valence-electron chi connectivity index (χ4n) is 1.92. The number of hydrogen-bond acceptors (Lipinski definition) is 4. The van der Waals surface area contributed by atoms with Crippen molar-refractivity contribution in [2.45, 2.75) is 25.9 Å². The Morgan fingerprint density at radius 3 is 2.64 bits per heavy atom. The molecule has 0 atom stereocenters. The summed E-state index contributed by atoms with van der Waals surface area (Å²) in [5.41, 5.74) is 1.18. The van der Waals surface area contributed by atoms with Crippen molar-refractivity contribution in [3.05, 3.63) is 23.8 Å². The molecule has 1 heterocycles. The Kier molecular flexibility index (Phi) is 5.13. The predicted molar refractivity (Wildman–Crippen MR) is 88.5 cm³/mol. The highest BCUT2D eigenvalue weighted by molar-refractivity contribution is 5.79. The molecule has 2 rings (SSSR count). The quantitative estimate of drug-likeness (QED) is 0.636. The largest absolute Gasteiger partial charge is 0.454 e. The number of benzene rings is 1. The first-order valence-electron chi connectivity index (χ1n) is 7.43. The van der Waals surface area contributed by atoms with Crippen LogP contribution in [0.1, 0.15) is 19.4 Å². The van der Waals surface area contributed by atoms with Gasteiger partial charge in [0, 0.05) is 25.7 Å². The van der Waals surface area contributed by atoms with Gasteiger partial charge in [-0.05, 0) is 45.6 Å². The first-order chi connectivity index (χ1) is 10.4. The molecule has 0 radical (unpaired) electrons. The summed E-state index contributed by atoms with van der Waals surface area (Å²) in [4.78, 5) is 6.44. The number of nitrogens with one attached hydrogen (secondary N) is 2. The zero-order valence-corrected chi connectivity index (χ0v) is 14.1. The molecule has 1 aliphatic heterocycles. The topological polar surface area (TPSA) is 58.1 Å². The maximum atomic E-state index is 5.39. The van der Waals surface area contributed by atoms with Crippen molar-refractivity contribution >= 4 is 5.96 Å². The number of ether oxygens (including phenoxy) is 2. The van der Waals surface area contributed by atoms with E-state index in [4.69, 9.17) is 9.47 Å². The molecule has 0 saturated heterocycles. The van der Waals surface area contributed by atoms with Crippen molar-refractivity contribution in [3.8, 4) is 11.5 Å². The molecule has 2 N–H and O–H groups in total. The van der Waals surface area contributed by atoms with E-state index < -0.39 is 0 Å². The molecule has 0 spiro atoms. The molecule has 6 nitrogen and oxygen atoms in total. The van der Waals surface area contributed by atoms with Crippen molar-refractivity contribution in [1.82, 2.24) is 15.5 Å². The maximum absolute atomic E-state index is 5.39. The zero-order valence-electron chi connectivity index (χ0n) is 14.1. The Morgan fingerprint density at radius 1 is 1.23 bits per heavy atom. The lowest BCUT2D eigenvalue weighted by atomic mass is 10.0. The van der Waals surface area contributed by atoms with Gasteiger partial charge in [-0.15, -0.1) is 0 Å². The minimum Gasteiger partial charge on any atom is -0.454 e. The molecular weight excluding hydrogens is 280 g/mol. The average molecular weight is 306 g/mol. The van der Waals surface area contributed by atoms with Gasteiger partial charge < -0.3 is 25.0 Å². The normalized spacial score (nSPS) is 14.4. The molecule has 1 aromatic carbocycles. The molecule has 0 aromatic heterocycles. The van der Waals surface area contributed by atoms with Gasteiger partial charge in [0.05, 0.1) is 0 Å². The first-order valence-corrected chi connectivity index (χ1v) is 7.43. The van der Waals surface area contributed by atoms with Crippen molar-refractivity contribution in [2.75, 3.05) is 34.5 Å². The SMILES string of the molecule is CN=C(NCc1ccc2c(c1)OCO2)NCC(C)(C)N(C)C. The van der Waals surface area contributed by atoms with Crippen LogP contribution in [0.15, 0.2) is 23.2 Å². The van der Waals surface area contributed by atoms with Crippen molar-refractivity contribution in [2.24, 2.45) is 4.99 Å². The summed E-state index contributed by atoms with van der Waals surface area (Å²) in [6.07, 6.45) is 0. The van der Waals surface area contributed by atoms with Gasteiger partial charge in [-0.2, -0.15) is 0 Å². The van der Waals surface area contributed by atoms with E-state index in [1.54, 1.807) is 7.05 Å². The Balaban J connectivity index is 1.86. The standard InChI is InChI=1S/C16H26N4O2/c1-16(2,20(4)5)10-19-15(17-3)18-9-12-6-7-13-14(8-12)22-11-21-13/h6-8H,9-11H2,1-5H3,(H2,17,18,19). The van der Waals surface area contributed by atoms with Gasteiger partial charge in [0.25, 0.3) is 0 Å². The van der Waals surface area contributed by atoms with Crippen LogP contribution < -0.4 is 20.1 Å². The maximum Gasteiger partial charge on any atom is 0.231 e. The van der Waals surface area contributed by atoms with Crippen LogP contribution in [0.4, 0.5) is 0 Å². The second-order valence-electron chi connectivity index (χ2n) is 6.17. The second kappa shape index (κ2) is 6.87. The summed E-state index contributed by atoms with van der Waals surface area (Å²) >= 11 is 0. The van der Waals surface area contributed by atoms with Crippen LogP contribution in [0.3, 0.4) is 0 Å². The number of rotatable bonds is 5. The van der Waals surface area contributed by atoms with E-state index in [1.807, 2.05) is 18.2 Å². The Bertz CT molecular complexity index is 541. The summed E-state index contributed by atoms with van der Waals surface area (Å²) in [6.45, 7) is 6.16. The zero-order chi connectivity index (χ0) is 16.2. The van der Waals surface area contributed by atoms with Crippen LogP contribution in [-0.4, -0.2) is 50.9 Å². The third-order valence-electron chi connectivity index (χ3n) is 4.02. The van der Waals surface area contributed by atoms with Gasteiger partial charge in [0.1, 0.15) is 0 Å². The minimum absolute atomic E-state index is 0.0520. The number of likely N-dealkylation sites (N-methyl/N-ethyl adjacent to an activating group) is 1. The van der Waals surface area contributed by atoms with Crippen molar-refractivity contribution in [3.63, 3.8) is 0 Å². The summed E-state index contributed by atoms with van der Waals surface area (Å²) in [5, 5.41) is 6.67. The predicted octanol–water partition coefficient (Wildman–Crippen LogP) is 1.42. The van der Waals surface area contributed by atoms with Gasteiger partial charge in [0.15, 0.2) is 17.5 Å². The van der Waals surface area contributed by atoms with Crippen molar-refractivity contribution < 1.29 is 9.47 Å². The van der Waals surface area contributed by atoms with E-state index in [9.17, 15) is 0 Å². The monoisotopic (exact) mass is 306 g/mol. The lowest BCUT2D eigenvalue weighted by Crippen LogP contribution is -2.50. The molecule has 0 bridgehead atoms. The van der Waals surface area contributed by atoms with E-state index >= 15 is 0 Å². The number of nitrogens with zero attached hydrogens (tertiary/aromatic N) is 2. The van der Waals surface area contributed by atoms with E-state index in [-0.39, 0.29) is 5.54 Å². The molecule has 0 amide bonds. The lowest BCUT2D eigenvalue weighted by molar-refractivity contribution is 0.174. The van der Waals surface area contributed by atoms with Gasteiger partial charge in [-0.3, -0.25) is 4.99 Å². The van der Waals surface area contributed by atoms with Crippen LogP contribution in [0, 0.1) is 0 Å². The highest BCUT2D eigenvalue weighted by Crippen LogP contribution is 2.32. The fourth-order valence-corrected chi connectivity index (χ4v) is 1.92. The van der Waals surface area contributed by atoms with Gasteiger partial charge >= 0.3 is 0 Å². The van der Waals surface area contributed by atoms with Gasteiger partial charge in [-0.25, -0.2) is 0 Å². The lowest BCUT2D eigenvalue weighted by Gasteiger charge is -2.33. The molecule has 22 heavy (non-hydrogen) atoms. The van der Waals surface area contributed by atoms with Crippen LogP contribution in [0.2, 0.25) is 0 Å². The number of aliphatic imine (C=N–C) groups is 1. The van der Waals surface area contributed by atoms with Gasteiger partial charge in [-0.1, -0.05) is 6.07 Å². The minimum atomic E-state index is 0.0520. The summed E-state index contributed by atoms with van der Waals surface area (Å²) < 4.78 is 10.7. The Labute approximate surface area is 132 Å². The number of guanidine groups is 1. The first kappa shape index (κ1) is 16.4. The van der Waals surface area contributed by atoms with E-state index in [0.29, 0.717) is 13.3 Å². The smallest absolute Gasteiger partial charge is 0.231 e. The highest BCUT2D eigenvalue weighted by Gasteiger charge is 2.20. The fraction of sp³-hybridized carbons (Fsp3) is 0.562. The molecule has 0 aliphatic carbocycles. The van der Waals surface area contributed by atoms with Crippen molar-refractivity contribution in [1.29, 1.82) is 0 Å². The summed E-state index contributed by atoms with van der Waals surface area (Å²) in [5.74, 6) is 2.39. The summed E-state index contributed by atoms with van der Waals surface area (Å²) in [7, 11) is 5.92. The third-order valence-corrected chi connectivity index (χ3v) is 4.02. The molecule has 0 unspecified atom stereocenters. The molecule has 0 saturated carbocycles. The molecular formula is C16H26N4O2. The molecule has 1 aromatic rings. The van der Waals surface area contributed by atoms with E-state index in [2.05, 4.69) is 48.5 Å². The molecule has 1 aliphatic rings. The highest BCUT2D eigenvalue weighted by atomic mass is 16.7.